The van der Waals surface area contributed by atoms with Gasteiger partial charge in [-0.3, -0.25) is 4.79 Å². The van der Waals surface area contributed by atoms with Gasteiger partial charge < -0.3 is 19.1 Å². The molecule has 0 aliphatic heterocycles. The molecule has 0 unspecified atom stereocenters. The van der Waals surface area contributed by atoms with E-state index in [1.165, 1.54) is 4.31 Å². The predicted octanol–water partition coefficient (Wildman–Crippen LogP) is 5.22. The molecule has 0 spiro atoms. The number of thiophene rings is 1. The molecule has 0 radical (unpaired) electrons. The van der Waals surface area contributed by atoms with Crippen molar-refractivity contribution in [1.82, 2.24) is 9.21 Å². The zero-order valence-electron chi connectivity index (χ0n) is 22.5. The van der Waals surface area contributed by atoms with Crippen LogP contribution in [0, 0.1) is 0 Å². The molecule has 1 aromatic heterocycles. The van der Waals surface area contributed by atoms with E-state index in [0.717, 1.165) is 14.9 Å². The first kappa shape index (κ1) is 31.1. The highest BCUT2D eigenvalue weighted by atomic mass is 79.9. The van der Waals surface area contributed by atoms with Crippen molar-refractivity contribution in [1.29, 1.82) is 0 Å². The SMILES string of the molecule is CCOCCCN(CC(=O)N(CCc1ccc(OC)c(OC)c1)Cc1cccs1)S(=O)(=O)c1ccc(Br)cc1. The number of sulfonamides is 1. The van der Waals surface area contributed by atoms with Crippen molar-refractivity contribution in [3.8, 4) is 11.5 Å². The standard InChI is InChI=1S/C28H35BrN2O6S2/c1-4-37-17-6-15-31(39(33,34)25-11-9-23(29)10-12-25)21-28(32)30(20-24-7-5-18-38-24)16-14-22-8-13-26(35-2)27(19-22)36-3/h5,7-13,18-19H,4,6,14-17,20-21H2,1-3H3. The van der Waals surface area contributed by atoms with Crippen LogP contribution < -0.4 is 9.47 Å². The maximum Gasteiger partial charge on any atom is 0.243 e. The third kappa shape index (κ3) is 9.04. The average molecular weight is 640 g/mol. The molecule has 3 rings (SSSR count). The highest BCUT2D eigenvalue weighted by Crippen LogP contribution is 2.28. The van der Waals surface area contributed by atoms with Gasteiger partial charge in [0.05, 0.1) is 32.2 Å². The van der Waals surface area contributed by atoms with Gasteiger partial charge in [0.15, 0.2) is 11.5 Å². The van der Waals surface area contributed by atoms with Crippen LogP contribution in [0.1, 0.15) is 23.8 Å². The normalized spacial score (nSPS) is 11.5. The van der Waals surface area contributed by atoms with Crippen LogP contribution in [0.2, 0.25) is 0 Å². The lowest BCUT2D eigenvalue weighted by Gasteiger charge is -2.27. The van der Waals surface area contributed by atoms with E-state index in [-0.39, 0.29) is 23.9 Å². The van der Waals surface area contributed by atoms with Crippen LogP contribution in [-0.2, 0) is 32.5 Å². The van der Waals surface area contributed by atoms with Gasteiger partial charge in [0.2, 0.25) is 15.9 Å². The van der Waals surface area contributed by atoms with Gasteiger partial charge in [-0.25, -0.2) is 8.42 Å². The summed E-state index contributed by atoms with van der Waals surface area (Å²) < 4.78 is 45.3. The number of amides is 1. The highest BCUT2D eigenvalue weighted by Gasteiger charge is 2.28. The van der Waals surface area contributed by atoms with Gasteiger partial charge in [0.25, 0.3) is 0 Å². The van der Waals surface area contributed by atoms with Gasteiger partial charge >= 0.3 is 0 Å². The number of hydrogen-bond acceptors (Lipinski definition) is 7. The number of ether oxygens (including phenoxy) is 3. The zero-order valence-corrected chi connectivity index (χ0v) is 25.7. The molecule has 8 nitrogen and oxygen atoms in total. The number of carbonyl (C=O) groups excluding carboxylic acids is 1. The Morgan fingerprint density at radius 3 is 2.38 bits per heavy atom. The van der Waals surface area contributed by atoms with E-state index in [0.29, 0.717) is 50.6 Å². The first-order chi connectivity index (χ1) is 18.8. The molecule has 0 fully saturated rings. The van der Waals surface area contributed by atoms with Gasteiger partial charge in [-0.1, -0.05) is 28.1 Å². The molecule has 1 amide bonds. The zero-order chi connectivity index (χ0) is 28.3. The summed E-state index contributed by atoms with van der Waals surface area (Å²) in [6.45, 7) is 3.57. The molecule has 0 saturated heterocycles. The lowest BCUT2D eigenvalue weighted by molar-refractivity contribution is -0.132. The highest BCUT2D eigenvalue weighted by molar-refractivity contribution is 9.10. The molecule has 0 saturated carbocycles. The Labute approximate surface area is 243 Å². The molecular formula is C28H35BrN2O6S2. The van der Waals surface area contributed by atoms with Gasteiger partial charge in [-0.15, -0.1) is 11.3 Å². The Bertz CT molecular complexity index is 1280. The van der Waals surface area contributed by atoms with E-state index < -0.39 is 10.0 Å². The van der Waals surface area contributed by atoms with Crippen LogP contribution in [0.3, 0.4) is 0 Å². The minimum atomic E-state index is -3.90. The largest absolute Gasteiger partial charge is 0.493 e. The number of methoxy groups -OCH3 is 2. The van der Waals surface area contributed by atoms with Crippen molar-refractivity contribution in [3.05, 3.63) is 74.9 Å². The average Bonchev–Trinajstić information content (AvgIpc) is 3.45. The Hall–Kier alpha value is -2.44. The van der Waals surface area contributed by atoms with E-state index in [4.69, 9.17) is 14.2 Å². The fourth-order valence-electron chi connectivity index (χ4n) is 3.96. The minimum absolute atomic E-state index is 0.144. The summed E-state index contributed by atoms with van der Waals surface area (Å²) in [5, 5.41) is 1.96. The predicted molar refractivity (Wildman–Crippen MR) is 157 cm³/mol. The van der Waals surface area contributed by atoms with Crippen LogP contribution in [0.4, 0.5) is 0 Å². The molecule has 0 bridgehead atoms. The summed E-state index contributed by atoms with van der Waals surface area (Å²) in [6, 6.07) is 16.0. The van der Waals surface area contributed by atoms with Crippen LogP contribution in [0.25, 0.3) is 0 Å². The minimum Gasteiger partial charge on any atom is -0.493 e. The summed E-state index contributed by atoms with van der Waals surface area (Å²) >= 11 is 4.91. The summed E-state index contributed by atoms with van der Waals surface area (Å²) in [6.07, 6.45) is 1.05. The first-order valence-electron chi connectivity index (χ1n) is 12.6. The fraction of sp³-hybridized carbons (Fsp3) is 0.393. The maximum atomic E-state index is 13.7. The van der Waals surface area contributed by atoms with E-state index in [1.807, 2.05) is 42.6 Å². The smallest absolute Gasteiger partial charge is 0.243 e. The lowest BCUT2D eigenvalue weighted by Crippen LogP contribution is -2.43. The van der Waals surface area contributed by atoms with E-state index >= 15 is 0 Å². The molecule has 1 heterocycles. The molecule has 0 N–H and O–H groups in total. The molecule has 11 heteroatoms. The second kappa shape index (κ2) is 15.4. The van der Waals surface area contributed by atoms with E-state index in [9.17, 15) is 13.2 Å². The van der Waals surface area contributed by atoms with Gasteiger partial charge in [-0.2, -0.15) is 4.31 Å². The van der Waals surface area contributed by atoms with Gasteiger partial charge in [0, 0.05) is 35.7 Å². The maximum absolute atomic E-state index is 13.7. The summed E-state index contributed by atoms with van der Waals surface area (Å²) in [5.41, 5.74) is 0.979. The van der Waals surface area contributed by atoms with Crippen LogP contribution >= 0.6 is 27.3 Å². The van der Waals surface area contributed by atoms with Gasteiger partial charge in [0.1, 0.15) is 0 Å². The van der Waals surface area contributed by atoms with E-state index in [1.54, 1.807) is 54.7 Å². The molecule has 0 aliphatic carbocycles. The molecule has 39 heavy (non-hydrogen) atoms. The molecule has 2 aromatic carbocycles. The number of halogens is 1. The number of benzene rings is 2. The molecular weight excluding hydrogens is 604 g/mol. The Morgan fingerprint density at radius 1 is 1.00 bits per heavy atom. The summed E-state index contributed by atoms with van der Waals surface area (Å²) in [7, 11) is -0.729. The molecule has 0 aliphatic rings. The number of nitrogens with zero attached hydrogens (tertiary/aromatic N) is 2. The van der Waals surface area contributed by atoms with Crippen LogP contribution in [0.5, 0.6) is 11.5 Å². The van der Waals surface area contributed by atoms with Crippen molar-refractivity contribution in [2.75, 3.05) is 47.1 Å². The fourth-order valence-corrected chi connectivity index (χ4v) is 6.37. The van der Waals surface area contributed by atoms with Crippen molar-refractivity contribution < 1.29 is 27.4 Å². The van der Waals surface area contributed by atoms with Crippen molar-refractivity contribution in [2.24, 2.45) is 0 Å². The monoisotopic (exact) mass is 638 g/mol. The molecule has 212 valence electrons. The number of carbonyl (C=O) groups is 1. The Kier molecular flexibility index (Phi) is 12.3. The summed E-state index contributed by atoms with van der Waals surface area (Å²) in [5.74, 6) is 0.988. The van der Waals surface area contributed by atoms with Crippen LogP contribution in [-0.4, -0.2) is 70.6 Å². The Morgan fingerprint density at radius 2 is 1.74 bits per heavy atom. The summed E-state index contributed by atoms with van der Waals surface area (Å²) in [4.78, 5) is 16.6. The van der Waals surface area contributed by atoms with Crippen molar-refractivity contribution in [3.63, 3.8) is 0 Å². The second-order valence-corrected chi connectivity index (χ2v) is 12.6. The molecule has 0 atom stereocenters. The van der Waals surface area contributed by atoms with Gasteiger partial charge in [-0.05, 0) is 73.2 Å². The van der Waals surface area contributed by atoms with Crippen LogP contribution in [0.15, 0.2) is 69.3 Å². The van der Waals surface area contributed by atoms with E-state index in [2.05, 4.69) is 15.9 Å². The quantitative estimate of drug-likeness (QED) is 0.200. The Balaban J connectivity index is 1.81. The first-order valence-corrected chi connectivity index (χ1v) is 15.7. The molecule has 3 aromatic rings. The third-order valence-electron chi connectivity index (χ3n) is 6.06. The van der Waals surface area contributed by atoms with Crippen molar-refractivity contribution >= 4 is 43.2 Å². The third-order valence-corrected chi connectivity index (χ3v) is 9.31. The van der Waals surface area contributed by atoms with Crippen molar-refractivity contribution in [2.45, 2.75) is 31.2 Å². The number of rotatable bonds is 16. The number of hydrogen-bond donors (Lipinski definition) is 0. The topological polar surface area (TPSA) is 85.4 Å². The lowest BCUT2D eigenvalue weighted by atomic mass is 10.1. The second-order valence-electron chi connectivity index (χ2n) is 8.68.